The Labute approximate surface area is 165 Å². The highest BCUT2D eigenvalue weighted by atomic mass is 32.2. The molecule has 2 aromatic carbocycles. The van der Waals surface area contributed by atoms with Crippen LogP contribution >= 0.6 is 0 Å². The van der Waals surface area contributed by atoms with Crippen LogP contribution in [0.2, 0.25) is 0 Å². The summed E-state index contributed by atoms with van der Waals surface area (Å²) in [6.07, 6.45) is 0.929. The van der Waals surface area contributed by atoms with E-state index in [1.165, 1.54) is 12.1 Å². The van der Waals surface area contributed by atoms with E-state index in [0.717, 1.165) is 24.5 Å². The molecule has 156 valence electrons. The van der Waals surface area contributed by atoms with Gasteiger partial charge in [-0.1, -0.05) is 12.1 Å². The molecule has 7 nitrogen and oxygen atoms in total. The average molecular weight is 448 g/mol. The van der Waals surface area contributed by atoms with E-state index < -0.39 is 65.8 Å². The van der Waals surface area contributed by atoms with Crippen LogP contribution in [0.15, 0.2) is 41.3 Å². The van der Waals surface area contributed by atoms with E-state index in [4.69, 9.17) is 0 Å². The molecular weight excluding hydrogens is 433 g/mol. The van der Waals surface area contributed by atoms with E-state index in [0.29, 0.717) is 6.07 Å². The van der Waals surface area contributed by atoms with Crippen molar-refractivity contribution in [3.63, 3.8) is 0 Å². The normalized spacial score (nSPS) is 18.9. The first-order chi connectivity index (χ1) is 13.4. The van der Waals surface area contributed by atoms with Crippen LogP contribution in [0.1, 0.15) is 17.9 Å². The van der Waals surface area contributed by atoms with E-state index >= 15 is 0 Å². The van der Waals surface area contributed by atoms with E-state index in [1.807, 2.05) is 4.72 Å². The van der Waals surface area contributed by atoms with Gasteiger partial charge in [0, 0.05) is 5.92 Å². The van der Waals surface area contributed by atoms with E-state index in [1.54, 1.807) is 4.72 Å². The van der Waals surface area contributed by atoms with Gasteiger partial charge in [-0.2, -0.15) is 0 Å². The Morgan fingerprint density at radius 1 is 1.03 bits per heavy atom. The van der Waals surface area contributed by atoms with Gasteiger partial charge < -0.3 is 0 Å². The molecule has 0 spiro atoms. The van der Waals surface area contributed by atoms with Gasteiger partial charge >= 0.3 is 0 Å². The van der Waals surface area contributed by atoms with Gasteiger partial charge in [-0.25, -0.2) is 34.7 Å². The first-order valence-electron chi connectivity index (χ1n) is 8.17. The molecule has 1 saturated carbocycles. The lowest BCUT2D eigenvalue weighted by molar-refractivity contribution is -0.120. The minimum Gasteiger partial charge on any atom is -0.281 e. The van der Waals surface area contributed by atoms with Gasteiger partial charge in [0.05, 0.1) is 16.8 Å². The number of rotatable bonds is 6. The average Bonchev–Trinajstić information content (AvgIpc) is 3.38. The van der Waals surface area contributed by atoms with Crippen LogP contribution in [-0.4, -0.2) is 29.0 Å². The van der Waals surface area contributed by atoms with Crippen molar-refractivity contribution in [1.29, 1.82) is 0 Å². The Morgan fingerprint density at radius 3 is 2.34 bits per heavy atom. The molecule has 0 heterocycles. The molecule has 29 heavy (non-hydrogen) atoms. The number of hydrogen-bond donors (Lipinski definition) is 2. The molecule has 0 saturated heterocycles. The van der Waals surface area contributed by atoms with Gasteiger partial charge in [-0.15, -0.1) is 0 Å². The predicted molar refractivity (Wildman–Crippen MR) is 97.4 cm³/mol. The Morgan fingerprint density at radius 2 is 1.72 bits per heavy atom. The Kier molecular flexibility index (Phi) is 5.34. The van der Waals surface area contributed by atoms with Gasteiger partial charge in [0.25, 0.3) is 10.0 Å². The quantitative estimate of drug-likeness (QED) is 0.703. The molecule has 1 amide bonds. The maximum atomic E-state index is 14.0. The van der Waals surface area contributed by atoms with Gasteiger partial charge in [0.15, 0.2) is 11.6 Å². The van der Waals surface area contributed by atoms with Crippen molar-refractivity contribution in [3.05, 3.63) is 59.4 Å². The molecule has 2 aromatic rings. The predicted octanol–water partition coefficient (Wildman–Crippen LogP) is 2.08. The molecule has 12 heteroatoms. The lowest BCUT2D eigenvalue weighted by Crippen LogP contribution is -2.32. The Hall–Kier alpha value is -2.60. The third-order valence-corrected chi connectivity index (χ3v) is 6.22. The van der Waals surface area contributed by atoms with Crippen LogP contribution in [0.5, 0.6) is 0 Å². The van der Waals surface area contributed by atoms with Crippen molar-refractivity contribution in [2.24, 2.45) is 5.92 Å². The zero-order chi connectivity index (χ0) is 21.6. The van der Waals surface area contributed by atoms with Crippen LogP contribution in [0.3, 0.4) is 0 Å². The second kappa shape index (κ2) is 7.34. The summed E-state index contributed by atoms with van der Waals surface area (Å²) < 4.78 is 91.7. The molecular formula is C17H15F3N2O5S2. The van der Waals surface area contributed by atoms with Crippen molar-refractivity contribution in [1.82, 2.24) is 4.72 Å². The molecule has 0 aliphatic heterocycles. The number of halogens is 3. The number of nitrogens with one attached hydrogen (secondary N) is 2. The van der Waals surface area contributed by atoms with E-state index in [2.05, 4.69) is 0 Å². The van der Waals surface area contributed by atoms with Crippen molar-refractivity contribution in [2.45, 2.75) is 17.2 Å². The minimum atomic E-state index is -4.46. The van der Waals surface area contributed by atoms with Crippen molar-refractivity contribution in [3.8, 4) is 0 Å². The van der Waals surface area contributed by atoms with Crippen LogP contribution in [0.4, 0.5) is 18.9 Å². The number of carbonyl (C=O) groups is 1. The smallest absolute Gasteiger partial charge is 0.264 e. The zero-order valence-electron chi connectivity index (χ0n) is 14.8. The number of carbonyl (C=O) groups excluding carboxylic acids is 1. The largest absolute Gasteiger partial charge is 0.281 e. The first kappa shape index (κ1) is 21.1. The van der Waals surface area contributed by atoms with Crippen LogP contribution in [-0.2, 0) is 24.8 Å². The van der Waals surface area contributed by atoms with E-state index in [9.17, 15) is 34.8 Å². The van der Waals surface area contributed by atoms with Crippen molar-refractivity contribution >= 4 is 31.6 Å². The van der Waals surface area contributed by atoms with Crippen LogP contribution < -0.4 is 9.44 Å². The standard InChI is InChI=1S/C17H15F3N2O5S2/c1-28(24,25)21-15-6-5-9(7-14(15)19)29(26,27)22-17(23)12-8-11(12)10-3-2-4-13(18)16(10)20/h2-7,11-12,21H,8H2,1H3,(H,22,23)/t11-,12+/m0/s1. The fraction of sp³-hybridized carbons (Fsp3) is 0.235. The molecule has 0 aromatic heterocycles. The zero-order valence-corrected chi connectivity index (χ0v) is 16.5. The molecule has 0 unspecified atom stereocenters. The van der Waals surface area contributed by atoms with Gasteiger partial charge in [-0.05, 0) is 42.2 Å². The fourth-order valence-electron chi connectivity index (χ4n) is 2.85. The van der Waals surface area contributed by atoms with E-state index in [-0.39, 0.29) is 12.0 Å². The maximum Gasteiger partial charge on any atom is 0.264 e. The molecule has 0 radical (unpaired) electrons. The summed E-state index contributed by atoms with van der Waals surface area (Å²) in [6, 6.07) is 5.90. The highest BCUT2D eigenvalue weighted by molar-refractivity contribution is 7.92. The number of sulfonamides is 2. The number of amides is 1. The summed E-state index contributed by atoms with van der Waals surface area (Å²) in [6.45, 7) is 0. The summed E-state index contributed by atoms with van der Waals surface area (Å²) in [4.78, 5) is 11.6. The molecule has 1 aliphatic carbocycles. The summed E-state index contributed by atoms with van der Waals surface area (Å²) in [5, 5.41) is 0. The second-order valence-electron chi connectivity index (χ2n) is 6.58. The summed E-state index contributed by atoms with van der Waals surface area (Å²) in [5.41, 5.74) is -0.480. The lowest BCUT2D eigenvalue weighted by atomic mass is 10.1. The van der Waals surface area contributed by atoms with Gasteiger partial charge in [0.1, 0.15) is 5.82 Å². The number of benzene rings is 2. The van der Waals surface area contributed by atoms with Gasteiger partial charge in [-0.3, -0.25) is 9.52 Å². The molecule has 0 bridgehead atoms. The Bertz CT molecular complexity index is 1200. The topological polar surface area (TPSA) is 109 Å². The fourth-order valence-corrected chi connectivity index (χ4v) is 4.45. The number of anilines is 1. The highest BCUT2D eigenvalue weighted by Crippen LogP contribution is 2.48. The Balaban J connectivity index is 1.74. The monoisotopic (exact) mass is 448 g/mol. The first-order valence-corrected chi connectivity index (χ1v) is 11.5. The van der Waals surface area contributed by atoms with Crippen molar-refractivity contribution < 1.29 is 34.8 Å². The summed E-state index contributed by atoms with van der Waals surface area (Å²) in [7, 11) is -8.23. The molecule has 1 fully saturated rings. The lowest BCUT2D eigenvalue weighted by Gasteiger charge is -2.10. The summed E-state index contributed by atoms with van der Waals surface area (Å²) in [5.74, 6) is -5.79. The molecule has 2 atom stereocenters. The van der Waals surface area contributed by atoms with Gasteiger partial charge in [0.2, 0.25) is 15.9 Å². The van der Waals surface area contributed by atoms with Crippen molar-refractivity contribution in [2.75, 3.05) is 11.0 Å². The molecule has 3 rings (SSSR count). The van der Waals surface area contributed by atoms with Crippen LogP contribution in [0.25, 0.3) is 0 Å². The molecule has 2 N–H and O–H groups in total. The maximum absolute atomic E-state index is 14.0. The SMILES string of the molecule is CS(=O)(=O)Nc1ccc(S(=O)(=O)NC(=O)[C@@H]2C[C@H]2c2cccc(F)c2F)cc1F. The minimum absolute atomic E-state index is 0.0233. The third kappa shape index (κ3) is 4.70. The van der Waals surface area contributed by atoms with Crippen LogP contribution in [0, 0.1) is 23.4 Å². The third-order valence-electron chi connectivity index (χ3n) is 4.29. The highest BCUT2D eigenvalue weighted by Gasteiger charge is 2.46. The molecule has 1 aliphatic rings. The second-order valence-corrected chi connectivity index (χ2v) is 10.0. The summed E-state index contributed by atoms with van der Waals surface area (Å²) >= 11 is 0. The number of hydrogen-bond acceptors (Lipinski definition) is 5.